The Morgan fingerprint density at radius 3 is 3.00 bits per heavy atom. The van der Waals surface area contributed by atoms with E-state index >= 15 is 0 Å². The van der Waals surface area contributed by atoms with Crippen LogP contribution < -0.4 is 5.32 Å². The Hall–Kier alpha value is -2.40. The summed E-state index contributed by atoms with van der Waals surface area (Å²) < 4.78 is 5.94. The Morgan fingerprint density at radius 1 is 1.29 bits per heavy atom. The third-order valence-electron chi connectivity index (χ3n) is 3.24. The van der Waals surface area contributed by atoms with E-state index in [0.717, 1.165) is 21.5 Å². The van der Waals surface area contributed by atoms with Gasteiger partial charge >= 0.3 is 5.97 Å². The van der Waals surface area contributed by atoms with Crippen molar-refractivity contribution in [1.29, 1.82) is 0 Å². The van der Waals surface area contributed by atoms with Crippen LogP contribution in [0.2, 0.25) is 0 Å². The fourth-order valence-corrected chi connectivity index (χ4v) is 2.86. The van der Waals surface area contributed by atoms with Crippen molar-refractivity contribution in [2.24, 2.45) is 0 Å². The van der Waals surface area contributed by atoms with Crippen molar-refractivity contribution in [3.63, 3.8) is 0 Å². The lowest BCUT2D eigenvalue weighted by Crippen LogP contribution is -2.08. The Morgan fingerprint density at radius 2 is 2.14 bits per heavy atom. The molecule has 0 fully saturated rings. The molecule has 0 saturated carbocycles. The zero-order chi connectivity index (χ0) is 14.7. The number of carbonyl (C=O) groups is 1. The normalized spacial score (nSPS) is 10.5. The van der Waals surface area contributed by atoms with E-state index in [1.165, 1.54) is 7.11 Å². The molecule has 0 radical (unpaired) electrons. The lowest BCUT2D eigenvalue weighted by molar-refractivity contribution is 0.0599. The summed E-state index contributed by atoms with van der Waals surface area (Å²) in [6, 6.07) is 13.5. The molecule has 0 aliphatic carbocycles. The number of rotatable bonds is 4. The van der Waals surface area contributed by atoms with Crippen LogP contribution in [0.25, 0.3) is 10.2 Å². The topological polar surface area (TPSA) is 51.2 Å². The molecule has 5 heteroatoms. The number of nitrogens with one attached hydrogen (secondary N) is 1. The molecule has 106 valence electrons. The van der Waals surface area contributed by atoms with Crippen LogP contribution in [0.3, 0.4) is 0 Å². The summed E-state index contributed by atoms with van der Waals surface area (Å²) in [7, 11) is 1.39. The molecule has 0 unspecified atom stereocenters. The predicted octanol–water partition coefficient (Wildman–Crippen LogP) is 3.70. The molecule has 0 aliphatic heterocycles. The van der Waals surface area contributed by atoms with Crippen LogP contribution in [-0.2, 0) is 11.3 Å². The fourth-order valence-electron chi connectivity index (χ4n) is 2.15. The summed E-state index contributed by atoms with van der Waals surface area (Å²) in [5.41, 5.74) is 5.34. The highest BCUT2D eigenvalue weighted by Gasteiger charge is 2.10. The smallest absolute Gasteiger partial charge is 0.338 e. The van der Waals surface area contributed by atoms with Gasteiger partial charge < -0.3 is 10.1 Å². The maximum Gasteiger partial charge on any atom is 0.338 e. The van der Waals surface area contributed by atoms with Crippen LogP contribution in [0, 0.1) is 0 Å². The quantitative estimate of drug-likeness (QED) is 0.746. The molecule has 0 atom stereocenters. The molecule has 0 spiro atoms. The Balaban J connectivity index is 1.79. The molecule has 0 aliphatic rings. The van der Waals surface area contributed by atoms with Gasteiger partial charge in [-0.05, 0) is 29.8 Å². The molecule has 0 amide bonds. The highest BCUT2D eigenvalue weighted by molar-refractivity contribution is 7.16. The van der Waals surface area contributed by atoms with Gasteiger partial charge in [-0.25, -0.2) is 9.78 Å². The fraction of sp³-hybridized carbons (Fsp3) is 0.125. The summed E-state index contributed by atoms with van der Waals surface area (Å²) in [4.78, 5) is 16.0. The molecule has 1 aromatic heterocycles. The van der Waals surface area contributed by atoms with Crippen LogP contribution in [0.1, 0.15) is 15.9 Å². The average Bonchev–Trinajstić information content (AvgIpc) is 3.00. The van der Waals surface area contributed by atoms with E-state index < -0.39 is 0 Å². The van der Waals surface area contributed by atoms with Gasteiger partial charge in [0.05, 0.1) is 28.4 Å². The number of esters is 1. The number of carbonyl (C=O) groups excluding carboxylic acids is 1. The van der Waals surface area contributed by atoms with Crippen molar-refractivity contribution < 1.29 is 9.53 Å². The van der Waals surface area contributed by atoms with Gasteiger partial charge in [-0.3, -0.25) is 0 Å². The highest BCUT2D eigenvalue weighted by atomic mass is 32.1. The molecule has 0 bridgehead atoms. The number of aromatic nitrogens is 1. The van der Waals surface area contributed by atoms with E-state index in [-0.39, 0.29) is 5.97 Å². The number of hydrogen-bond donors (Lipinski definition) is 1. The first-order valence-electron chi connectivity index (χ1n) is 6.51. The van der Waals surface area contributed by atoms with Gasteiger partial charge in [0.25, 0.3) is 0 Å². The molecular weight excluding hydrogens is 284 g/mol. The van der Waals surface area contributed by atoms with Gasteiger partial charge in [0.1, 0.15) is 0 Å². The van der Waals surface area contributed by atoms with Crippen LogP contribution in [0.5, 0.6) is 0 Å². The minimum atomic E-state index is -0.315. The first-order chi connectivity index (χ1) is 10.3. The SMILES string of the molecule is COC(=O)c1ccccc1CNc1ccc2ncsc2c1. The van der Waals surface area contributed by atoms with Gasteiger partial charge in [-0.15, -0.1) is 11.3 Å². The first kappa shape index (κ1) is 13.6. The summed E-state index contributed by atoms with van der Waals surface area (Å²) in [5, 5.41) is 3.33. The van der Waals surface area contributed by atoms with E-state index in [2.05, 4.69) is 16.4 Å². The summed E-state index contributed by atoms with van der Waals surface area (Å²) in [5.74, 6) is -0.315. The molecule has 2 aromatic carbocycles. The molecule has 4 nitrogen and oxygen atoms in total. The van der Waals surface area contributed by atoms with Crippen LogP contribution in [-0.4, -0.2) is 18.1 Å². The Labute approximate surface area is 126 Å². The maximum atomic E-state index is 11.7. The number of anilines is 1. The van der Waals surface area contributed by atoms with Gasteiger partial charge in [0.2, 0.25) is 0 Å². The third-order valence-corrected chi connectivity index (χ3v) is 4.03. The van der Waals surface area contributed by atoms with Crippen molar-refractivity contribution in [3.8, 4) is 0 Å². The van der Waals surface area contributed by atoms with Crippen molar-refractivity contribution in [1.82, 2.24) is 4.98 Å². The van der Waals surface area contributed by atoms with Crippen molar-refractivity contribution in [3.05, 3.63) is 59.1 Å². The zero-order valence-corrected chi connectivity index (χ0v) is 12.3. The summed E-state index contributed by atoms with van der Waals surface area (Å²) >= 11 is 1.61. The van der Waals surface area contributed by atoms with E-state index in [1.54, 1.807) is 17.4 Å². The molecule has 3 aromatic rings. The second kappa shape index (κ2) is 5.93. The number of ether oxygens (including phenoxy) is 1. The van der Waals surface area contributed by atoms with E-state index in [1.807, 2.05) is 35.8 Å². The number of fused-ring (bicyclic) bond motifs is 1. The maximum absolute atomic E-state index is 11.7. The van der Waals surface area contributed by atoms with Crippen molar-refractivity contribution >= 4 is 33.2 Å². The average molecular weight is 298 g/mol. The largest absolute Gasteiger partial charge is 0.465 e. The number of benzene rings is 2. The molecule has 1 N–H and O–H groups in total. The van der Waals surface area contributed by atoms with Crippen LogP contribution >= 0.6 is 11.3 Å². The number of nitrogens with zero attached hydrogens (tertiary/aromatic N) is 1. The Bertz CT molecular complexity index is 783. The van der Waals surface area contributed by atoms with Crippen LogP contribution in [0.15, 0.2) is 48.0 Å². The molecular formula is C16H14N2O2S. The highest BCUT2D eigenvalue weighted by Crippen LogP contribution is 2.22. The van der Waals surface area contributed by atoms with Crippen molar-refractivity contribution in [2.45, 2.75) is 6.54 Å². The van der Waals surface area contributed by atoms with E-state index in [9.17, 15) is 4.79 Å². The number of methoxy groups -OCH3 is 1. The number of thiazole rings is 1. The first-order valence-corrected chi connectivity index (χ1v) is 7.39. The van der Waals surface area contributed by atoms with E-state index in [4.69, 9.17) is 4.74 Å². The molecule has 1 heterocycles. The minimum absolute atomic E-state index is 0.315. The lowest BCUT2D eigenvalue weighted by atomic mass is 10.1. The zero-order valence-electron chi connectivity index (χ0n) is 11.5. The third kappa shape index (κ3) is 2.87. The van der Waals surface area contributed by atoms with Gasteiger partial charge in [-0.2, -0.15) is 0 Å². The monoisotopic (exact) mass is 298 g/mol. The standard InChI is InChI=1S/C16H14N2O2S/c1-20-16(19)13-5-3-2-4-11(13)9-17-12-6-7-14-15(8-12)21-10-18-14/h2-8,10,17H,9H2,1H3. The van der Waals surface area contributed by atoms with Crippen molar-refractivity contribution in [2.75, 3.05) is 12.4 Å². The molecule has 21 heavy (non-hydrogen) atoms. The lowest BCUT2D eigenvalue weighted by Gasteiger charge is -2.10. The van der Waals surface area contributed by atoms with Crippen LogP contribution in [0.4, 0.5) is 5.69 Å². The second-order valence-corrected chi connectivity index (χ2v) is 5.42. The minimum Gasteiger partial charge on any atom is -0.465 e. The number of hydrogen-bond acceptors (Lipinski definition) is 5. The van der Waals surface area contributed by atoms with Gasteiger partial charge in [0, 0.05) is 12.2 Å². The van der Waals surface area contributed by atoms with E-state index in [0.29, 0.717) is 12.1 Å². The molecule has 3 rings (SSSR count). The van der Waals surface area contributed by atoms with Gasteiger partial charge in [0.15, 0.2) is 0 Å². The second-order valence-electron chi connectivity index (χ2n) is 4.54. The predicted molar refractivity (Wildman–Crippen MR) is 84.7 cm³/mol. The molecule has 0 saturated heterocycles. The Kier molecular flexibility index (Phi) is 3.83. The summed E-state index contributed by atoms with van der Waals surface area (Å²) in [6.07, 6.45) is 0. The van der Waals surface area contributed by atoms with Gasteiger partial charge in [-0.1, -0.05) is 18.2 Å². The summed E-state index contributed by atoms with van der Waals surface area (Å²) in [6.45, 7) is 0.565.